The van der Waals surface area contributed by atoms with Gasteiger partial charge in [0.25, 0.3) is 5.91 Å². The van der Waals surface area contributed by atoms with Gasteiger partial charge in [-0.3, -0.25) is 4.79 Å². The summed E-state index contributed by atoms with van der Waals surface area (Å²) in [6, 6.07) is 2.84. The van der Waals surface area contributed by atoms with Crippen LogP contribution in [0.25, 0.3) is 0 Å². The summed E-state index contributed by atoms with van der Waals surface area (Å²) in [7, 11) is 1.44. The quantitative estimate of drug-likeness (QED) is 0.803. The Labute approximate surface area is 98.6 Å². The summed E-state index contributed by atoms with van der Waals surface area (Å²) < 4.78 is 9.98. The van der Waals surface area contributed by atoms with Gasteiger partial charge in [0.15, 0.2) is 0 Å². The zero-order valence-corrected chi connectivity index (χ0v) is 9.94. The molecule has 0 aliphatic carbocycles. The van der Waals surface area contributed by atoms with Crippen molar-refractivity contribution in [2.24, 2.45) is 0 Å². The Morgan fingerprint density at radius 2 is 2.12 bits per heavy atom. The van der Waals surface area contributed by atoms with Gasteiger partial charge in [-0.2, -0.15) is 0 Å². The summed E-state index contributed by atoms with van der Waals surface area (Å²) >= 11 is 0. The van der Waals surface area contributed by atoms with Gasteiger partial charge in [-0.1, -0.05) is 0 Å². The lowest BCUT2D eigenvalue weighted by Gasteiger charge is -2.21. The van der Waals surface area contributed by atoms with E-state index < -0.39 is 11.6 Å². The second kappa shape index (κ2) is 5.01. The SMILES string of the molecule is COC(C)(C)C(=O)NCc1ccc(C(=O)O)o1. The first-order chi connectivity index (χ1) is 7.86. The van der Waals surface area contributed by atoms with Gasteiger partial charge in [0, 0.05) is 7.11 Å². The molecule has 1 rings (SSSR count). The number of carboxylic acids is 1. The van der Waals surface area contributed by atoms with Crippen molar-refractivity contribution in [1.29, 1.82) is 0 Å². The van der Waals surface area contributed by atoms with Crippen LogP contribution in [0.1, 0.15) is 30.2 Å². The van der Waals surface area contributed by atoms with Crippen molar-refractivity contribution in [2.45, 2.75) is 26.0 Å². The number of methoxy groups -OCH3 is 1. The number of nitrogens with one attached hydrogen (secondary N) is 1. The molecule has 0 spiro atoms. The van der Waals surface area contributed by atoms with E-state index in [1.165, 1.54) is 19.2 Å². The molecule has 2 N–H and O–H groups in total. The standard InChI is InChI=1S/C11H15NO5/c1-11(2,16-3)10(15)12-6-7-4-5-8(17-7)9(13)14/h4-5H,6H2,1-3H3,(H,12,15)(H,13,14). The summed E-state index contributed by atoms with van der Waals surface area (Å²) in [4.78, 5) is 22.2. The van der Waals surface area contributed by atoms with Gasteiger partial charge in [0.2, 0.25) is 5.76 Å². The van der Waals surface area contributed by atoms with E-state index in [1.54, 1.807) is 13.8 Å². The summed E-state index contributed by atoms with van der Waals surface area (Å²) in [5.74, 6) is -1.21. The van der Waals surface area contributed by atoms with Crippen molar-refractivity contribution >= 4 is 11.9 Å². The van der Waals surface area contributed by atoms with Crippen LogP contribution >= 0.6 is 0 Å². The Morgan fingerprint density at radius 1 is 1.47 bits per heavy atom. The average Bonchev–Trinajstić information content (AvgIpc) is 2.74. The van der Waals surface area contributed by atoms with Crippen LogP contribution in [0, 0.1) is 0 Å². The third kappa shape index (κ3) is 3.32. The Hall–Kier alpha value is -1.82. The lowest BCUT2D eigenvalue weighted by molar-refractivity contribution is -0.139. The molecule has 0 radical (unpaired) electrons. The van der Waals surface area contributed by atoms with Crippen molar-refractivity contribution in [1.82, 2.24) is 5.32 Å². The van der Waals surface area contributed by atoms with Gasteiger partial charge in [0.05, 0.1) is 6.54 Å². The highest BCUT2D eigenvalue weighted by Crippen LogP contribution is 2.10. The van der Waals surface area contributed by atoms with Crippen LogP contribution in [-0.2, 0) is 16.1 Å². The highest BCUT2D eigenvalue weighted by atomic mass is 16.5. The fraction of sp³-hybridized carbons (Fsp3) is 0.455. The van der Waals surface area contributed by atoms with Crippen LogP contribution in [-0.4, -0.2) is 29.7 Å². The van der Waals surface area contributed by atoms with E-state index in [2.05, 4.69) is 5.32 Å². The van der Waals surface area contributed by atoms with Crippen LogP contribution in [0.15, 0.2) is 16.5 Å². The zero-order chi connectivity index (χ0) is 13.1. The first kappa shape index (κ1) is 13.2. The molecule has 0 bridgehead atoms. The molecule has 0 atom stereocenters. The smallest absolute Gasteiger partial charge is 0.371 e. The highest BCUT2D eigenvalue weighted by molar-refractivity contribution is 5.85. The highest BCUT2D eigenvalue weighted by Gasteiger charge is 2.26. The molecule has 1 aromatic heterocycles. The van der Waals surface area contributed by atoms with Crippen LogP contribution < -0.4 is 5.32 Å². The van der Waals surface area contributed by atoms with Crippen molar-refractivity contribution in [3.05, 3.63) is 23.7 Å². The minimum Gasteiger partial charge on any atom is -0.475 e. The molecule has 6 heteroatoms. The predicted molar refractivity (Wildman–Crippen MR) is 58.6 cm³/mol. The first-order valence-corrected chi connectivity index (χ1v) is 5.02. The zero-order valence-electron chi connectivity index (χ0n) is 9.94. The molecule has 0 aromatic carbocycles. The van der Waals surface area contributed by atoms with Crippen molar-refractivity contribution in [2.75, 3.05) is 7.11 Å². The molecule has 0 unspecified atom stereocenters. The minimum absolute atomic E-state index is 0.124. The summed E-state index contributed by atoms with van der Waals surface area (Å²) in [5, 5.41) is 11.2. The summed E-state index contributed by atoms with van der Waals surface area (Å²) in [6.07, 6.45) is 0. The van der Waals surface area contributed by atoms with Crippen LogP contribution in [0.3, 0.4) is 0 Å². The maximum absolute atomic E-state index is 11.6. The fourth-order valence-corrected chi connectivity index (χ4v) is 1.06. The van der Waals surface area contributed by atoms with E-state index >= 15 is 0 Å². The maximum atomic E-state index is 11.6. The van der Waals surface area contributed by atoms with Crippen molar-refractivity contribution < 1.29 is 23.8 Å². The second-order valence-corrected chi connectivity index (χ2v) is 3.97. The van der Waals surface area contributed by atoms with E-state index in [0.29, 0.717) is 5.76 Å². The van der Waals surface area contributed by atoms with Gasteiger partial charge in [-0.05, 0) is 26.0 Å². The number of hydrogen-bond donors (Lipinski definition) is 2. The Morgan fingerprint density at radius 3 is 2.59 bits per heavy atom. The average molecular weight is 241 g/mol. The topological polar surface area (TPSA) is 88.8 Å². The van der Waals surface area contributed by atoms with Crippen molar-refractivity contribution in [3.8, 4) is 0 Å². The minimum atomic E-state index is -1.14. The number of furan rings is 1. The predicted octanol–water partition coefficient (Wildman–Crippen LogP) is 1.02. The van der Waals surface area contributed by atoms with Gasteiger partial charge >= 0.3 is 5.97 Å². The van der Waals surface area contributed by atoms with E-state index in [1.807, 2.05) is 0 Å². The molecule has 0 aliphatic heterocycles. The molecule has 1 heterocycles. The van der Waals surface area contributed by atoms with Gasteiger partial charge < -0.3 is 19.6 Å². The van der Waals surface area contributed by atoms with Gasteiger partial charge in [-0.25, -0.2) is 4.79 Å². The normalized spacial score (nSPS) is 11.2. The lowest BCUT2D eigenvalue weighted by Crippen LogP contribution is -2.43. The first-order valence-electron chi connectivity index (χ1n) is 5.02. The molecule has 0 saturated heterocycles. The largest absolute Gasteiger partial charge is 0.475 e. The lowest BCUT2D eigenvalue weighted by atomic mass is 10.1. The number of carboxylic acid groups (broad SMARTS) is 1. The maximum Gasteiger partial charge on any atom is 0.371 e. The Balaban J connectivity index is 2.56. The number of hydrogen-bond acceptors (Lipinski definition) is 4. The third-order valence-corrected chi connectivity index (χ3v) is 2.35. The number of amides is 1. The molecule has 6 nitrogen and oxygen atoms in total. The fourth-order valence-electron chi connectivity index (χ4n) is 1.06. The number of carbonyl (C=O) groups is 2. The summed E-state index contributed by atoms with van der Waals surface area (Å²) in [5.41, 5.74) is -0.928. The number of carbonyl (C=O) groups excluding carboxylic acids is 1. The molecule has 1 aromatic rings. The van der Waals surface area contributed by atoms with Gasteiger partial charge in [-0.15, -0.1) is 0 Å². The molecular weight excluding hydrogens is 226 g/mol. The molecule has 94 valence electrons. The number of aromatic carboxylic acids is 1. The Kier molecular flexibility index (Phi) is 3.90. The van der Waals surface area contributed by atoms with E-state index in [9.17, 15) is 9.59 Å². The molecule has 0 saturated carbocycles. The Bertz CT molecular complexity index is 421. The van der Waals surface area contributed by atoms with Crippen LogP contribution in [0.5, 0.6) is 0 Å². The third-order valence-electron chi connectivity index (χ3n) is 2.35. The van der Waals surface area contributed by atoms with E-state index in [-0.39, 0.29) is 18.2 Å². The van der Waals surface area contributed by atoms with E-state index in [0.717, 1.165) is 0 Å². The van der Waals surface area contributed by atoms with E-state index in [4.69, 9.17) is 14.3 Å². The number of ether oxygens (including phenoxy) is 1. The molecule has 17 heavy (non-hydrogen) atoms. The summed E-state index contributed by atoms with van der Waals surface area (Å²) in [6.45, 7) is 3.39. The molecule has 1 amide bonds. The van der Waals surface area contributed by atoms with Crippen LogP contribution in [0.4, 0.5) is 0 Å². The van der Waals surface area contributed by atoms with Crippen LogP contribution in [0.2, 0.25) is 0 Å². The van der Waals surface area contributed by atoms with Crippen molar-refractivity contribution in [3.63, 3.8) is 0 Å². The second-order valence-electron chi connectivity index (χ2n) is 3.97. The monoisotopic (exact) mass is 241 g/mol. The molecule has 0 fully saturated rings. The molecular formula is C11H15NO5. The molecule has 0 aliphatic rings. The number of rotatable bonds is 5. The van der Waals surface area contributed by atoms with Gasteiger partial charge in [0.1, 0.15) is 11.4 Å².